The number of methoxy groups -OCH3 is 1. The van der Waals surface area contributed by atoms with Crippen LogP contribution in [0.3, 0.4) is 0 Å². The van der Waals surface area contributed by atoms with Gasteiger partial charge in [-0.25, -0.2) is 0 Å². The summed E-state index contributed by atoms with van der Waals surface area (Å²) in [5.74, 6) is 0. The Morgan fingerprint density at radius 2 is 2.12 bits per heavy atom. The lowest BCUT2D eigenvalue weighted by Crippen LogP contribution is -2.32. The van der Waals surface area contributed by atoms with E-state index in [9.17, 15) is 0 Å². The number of likely N-dealkylation sites (N-methyl/N-ethyl adjacent to an activating group) is 1. The summed E-state index contributed by atoms with van der Waals surface area (Å²) in [7, 11) is 3.83. The molecule has 0 heterocycles. The Balaban J connectivity index is 2.62. The molecular weight excluding hydrogens is 200 g/mol. The van der Waals surface area contributed by atoms with Gasteiger partial charge in [0.2, 0.25) is 0 Å². The number of nitrogens with zero attached hydrogens (tertiary/aromatic N) is 1. The minimum atomic E-state index is 0.410. The molecule has 0 radical (unpaired) electrons. The van der Waals surface area contributed by atoms with E-state index >= 15 is 0 Å². The van der Waals surface area contributed by atoms with Gasteiger partial charge in [0.1, 0.15) is 0 Å². The van der Waals surface area contributed by atoms with Gasteiger partial charge >= 0.3 is 0 Å². The maximum absolute atomic E-state index is 5.89. The molecule has 90 valence electrons. The number of benzene rings is 1. The third-order valence-corrected chi connectivity index (χ3v) is 2.94. The van der Waals surface area contributed by atoms with E-state index in [1.807, 2.05) is 13.0 Å². The van der Waals surface area contributed by atoms with Gasteiger partial charge in [-0.05, 0) is 38.1 Å². The molecule has 0 saturated heterocycles. The number of nitrogens with two attached hydrogens (primary N) is 1. The highest BCUT2D eigenvalue weighted by Crippen LogP contribution is 2.14. The van der Waals surface area contributed by atoms with Gasteiger partial charge < -0.3 is 10.5 Å². The predicted octanol–water partition coefficient (Wildman–Crippen LogP) is 2.04. The maximum Gasteiger partial charge on any atom is 0.0615 e. The molecule has 1 atom stereocenters. The number of hydrogen-bond donors (Lipinski definition) is 1. The predicted molar refractivity (Wildman–Crippen MR) is 68.4 cm³/mol. The third kappa shape index (κ3) is 3.51. The van der Waals surface area contributed by atoms with E-state index in [0.717, 1.165) is 24.4 Å². The van der Waals surface area contributed by atoms with Gasteiger partial charge in [0.25, 0.3) is 0 Å². The average molecular weight is 222 g/mol. The molecule has 0 fully saturated rings. The lowest BCUT2D eigenvalue weighted by Gasteiger charge is -2.24. The molecule has 0 saturated carbocycles. The number of anilines is 1. The van der Waals surface area contributed by atoms with Crippen LogP contribution in [0.1, 0.15) is 18.1 Å². The van der Waals surface area contributed by atoms with Gasteiger partial charge in [0, 0.05) is 25.4 Å². The number of rotatable bonds is 5. The van der Waals surface area contributed by atoms with Crippen LogP contribution in [0.25, 0.3) is 0 Å². The van der Waals surface area contributed by atoms with Gasteiger partial charge in [0.05, 0.1) is 6.61 Å². The third-order valence-electron chi connectivity index (χ3n) is 2.94. The molecule has 0 aliphatic rings. The second-order valence-electron chi connectivity index (χ2n) is 4.41. The first kappa shape index (κ1) is 13.0. The molecular formula is C13H22N2O. The van der Waals surface area contributed by atoms with E-state index in [4.69, 9.17) is 10.5 Å². The van der Waals surface area contributed by atoms with Crippen molar-refractivity contribution in [1.82, 2.24) is 4.90 Å². The molecule has 2 N–H and O–H groups in total. The van der Waals surface area contributed by atoms with Crippen LogP contribution in [0.15, 0.2) is 18.2 Å². The molecule has 0 aromatic heterocycles. The Morgan fingerprint density at radius 1 is 1.44 bits per heavy atom. The number of nitrogen functional groups attached to an aromatic ring is 1. The second kappa shape index (κ2) is 5.87. The van der Waals surface area contributed by atoms with E-state index in [-0.39, 0.29) is 0 Å². The summed E-state index contributed by atoms with van der Waals surface area (Å²) < 4.78 is 5.14. The fourth-order valence-electron chi connectivity index (χ4n) is 1.60. The molecule has 0 aliphatic carbocycles. The molecule has 0 bridgehead atoms. The highest BCUT2D eigenvalue weighted by atomic mass is 16.5. The average Bonchev–Trinajstić information content (AvgIpc) is 2.24. The van der Waals surface area contributed by atoms with Gasteiger partial charge in [-0.3, -0.25) is 4.90 Å². The molecule has 3 heteroatoms. The van der Waals surface area contributed by atoms with E-state index in [1.54, 1.807) is 7.11 Å². The van der Waals surface area contributed by atoms with Crippen LogP contribution in [0.5, 0.6) is 0 Å². The van der Waals surface area contributed by atoms with Crippen LogP contribution in [-0.4, -0.2) is 31.7 Å². The largest absolute Gasteiger partial charge is 0.399 e. The first-order valence-corrected chi connectivity index (χ1v) is 5.58. The molecule has 1 aromatic carbocycles. The van der Waals surface area contributed by atoms with Crippen molar-refractivity contribution in [1.29, 1.82) is 0 Å². The molecule has 1 rings (SSSR count). The molecule has 16 heavy (non-hydrogen) atoms. The van der Waals surface area contributed by atoms with E-state index < -0.39 is 0 Å². The van der Waals surface area contributed by atoms with Crippen LogP contribution in [0.4, 0.5) is 5.69 Å². The van der Waals surface area contributed by atoms with Crippen molar-refractivity contribution >= 4 is 5.69 Å². The fourth-order valence-corrected chi connectivity index (χ4v) is 1.60. The zero-order chi connectivity index (χ0) is 12.1. The Labute approximate surface area is 98.2 Å². The minimum absolute atomic E-state index is 0.410. The van der Waals surface area contributed by atoms with Crippen LogP contribution >= 0.6 is 0 Å². The number of hydrogen-bond acceptors (Lipinski definition) is 3. The summed E-state index contributed by atoms with van der Waals surface area (Å²) in [5.41, 5.74) is 9.13. The highest BCUT2D eigenvalue weighted by Gasteiger charge is 2.09. The normalized spacial score (nSPS) is 13.1. The van der Waals surface area contributed by atoms with Gasteiger partial charge in [-0.2, -0.15) is 0 Å². The SMILES string of the molecule is COCC(C)N(C)Cc1ccc(C)c(N)c1. The summed E-state index contributed by atoms with van der Waals surface area (Å²) >= 11 is 0. The Bertz CT molecular complexity index is 339. The van der Waals surface area contributed by atoms with Crippen molar-refractivity contribution in [3.05, 3.63) is 29.3 Å². The van der Waals surface area contributed by atoms with Crippen LogP contribution in [0.2, 0.25) is 0 Å². The van der Waals surface area contributed by atoms with Crippen molar-refractivity contribution < 1.29 is 4.74 Å². The smallest absolute Gasteiger partial charge is 0.0615 e. The summed E-state index contributed by atoms with van der Waals surface area (Å²) in [4.78, 5) is 2.26. The maximum atomic E-state index is 5.89. The second-order valence-corrected chi connectivity index (χ2v) is 4.41. The van der Waals surface area contributed by atoms with Gasteiger partial charge in [-0.1, -0.05) is 12.1 Å². The van der Waals surface area contributed by atoms with E-state index in [0.29, 0.717) is 6.04 Å². The Kier molecular flexibility index (Phi) is 4.77. The first-order valence-electron chi connectivity index (χ1n) is 5.58. The summed E-state index contributed by atoms with van der Waals surface area (Å²) in [6.45, 7) is 5.82. The lowest BCUT2D eigenvalue weighted by molar-refractivity contribution is 0.112. The molecule has 0 amide bonds. The molecule has 1 aromatic rings. The zero-order valence-electron chi connectivity index (χ0n) is 10.7. The van der Waals surface area contributed by atoms with Crippen molar-refractivity contribution in [3.8, 4) is 0 Å². The zero-order valence-corrected chi connectivity index (χ0v) is 10.7. The topological polar surface area (TPSA) is 38.5 Å². The van der Waals surface area contributed by atoms with Gasteiger partial charge in [-0.15, -0.1) is 0 Å². The Hall–Kier alpha value is -1.06. The van der Waals surface area contributed by atoms with Crippen LogP contribution < -0.4 is 5.73 Å². The van der Waals surface area contributed by atoms with Crippen LogP contribution in [-0.2, 0) is 11.3 Å². The summed E-state index contributed by atoms with van der Waals surface area (Å²) in [6, 6.07) is 6.65. The number of aryl methyl sites for hydroxylation is 1. The molecule has 3 nitrogen and oxygen atoms in total. The minimum Gasteiger partial charge on any atom is -0.399 e. The van der Waals surface area contributed by atoms with Crippen molar-refractivity contribution in [2.75, 3.05) is 26.5 Å². The number of ether oxygens (including phenoxy) is 1. The fraction of sp³-hybridized carbons (Fsp3) is 0.538. The highest BCUT2D eigenvalue weighted by molar-refractivity contribution is 5.48. The summed E-state index contributed by atoms with van der Waals surface area (Å²) in [5, 5.41) is 0. The summed E-state index contributed by atoms with van der Waals surface area (Å²) in [6.07, 6.45) is 0. The standard InChI is InChI=1S/C13H22N2O/c1-10-5-6-12(7-13(10)14)8-15(3)11(2)9-16-4/h5-7,11H,8-9,14H2,1-4H3. The van der Waals surface area contributed by atoms with Crippen LogP contribution in [0, 0.1) is 6.92 Å². The first-order chi connectivity index (χ1) is 7.54. The van der Waals surface area contributed by atoms with E-state index in [1.165, 1.54) is 5.56 Å². The quantitative estimate of drug-likeness (QED) is 0.775. The van der Waals surface area contributed by atoms with Crippen molar-refractivity contribution in [2.24, 2.45) is 0 Å². The van der Waals surface area contributed by atoms with Crippen molar-refractivity contribution in [3.63, 3.8) is 0 Å². The molecule has 0 spiro atoms. The molecule has 1 unspecified atom stereocenters. The van der Waals surface area contributed by atoms with E-state index in [2.05, 4.69) is 31.0 Å². The lowest BCUT2D eigenvalue weighted by atomic mass is 10.1. The van der Waals surface area contributed by atoms with Crippen molar-refractivity contribution in [2.45, 2.75) is 26.4 Å². The molecule has 0 aliphatic heterocycles. The monoisotopic (exact) mass is 222 g/mol. The van der Waals surface area contributed by atoms with Gasteiger partial charge in [0.15, 0.2) is 0 Å². The Morgan fingerprint density at radius 3 is 2.69 bits per heavy atom.